The van der Waals surface area contributed by atoms with Gasteiger partial charge >= 0.3 is 59.1 Å². The summed E-state index contributed by atoms with van der Waals surface area (Å²) in [5.41, 5.74) is 0. The molecule has 8 nitrogen and oxygen atoms in total. The maximum absolute atomic E-state index is 9.88. The fourth-order valence-electron chi connectivity index (χ4n) is 0.294. The van der Waals surface area contributed by atoms with Gasteiger partial charge < -0.3 is 9.11 Å². The van der Waals surface area contributed by atoms with Gasteiger partial charge in [-0.15, -0.1) is 0 Å². The van der Waals surface area contributed by atoms with Crippen LogP contribution in [0.15, 0.2) is 0 Å². The Morgan fingerprint density at radius 3 is 1.23 bits per heavy atom. The van der Waals surface area contributed by atoms with Crippen molar-refractivity contribution in [3.05, 3.63) is 0 Å². The Hall–Kier alpha value is 1.74. The number of hydrogen-bond acceptors (Lipinski definition) is 7. The summed E-state index contributed by atoms with van der Waals surface area (Å²) in [7, 11) is -10.3. The van der Waals surface area contributed by atoms with Crippen LogP contribution in [0.4, 0.5) is 0 Å². The molecule has 0 aromatic carbocycles. The van der Waals surface area contributed by atoms with Gasteiger partial charge in [-0.1, -0.05) is 0 Å². The Morgan fingerprint density at radius 1 is 1.00 bits per heavy atom. The second-order valence-electron chi connectivity index (χ2n) is 1.26. The monoisotopic (exact) mass is 251 g/mol. The Bertz CT molecular complexity index is 286. The summed E-state index contributed by atoms with van der Waals surface area (Å²) < 4.78 is 58.1. The summed E-state index contributed by atoms with van der Waals surface area (Å²) in [6.07, 6.45) is 0. The molecule has 0 atom stereocenters. The van der Waals surface area contributed by atoms with Crippen LogP contribution in [0.5, 0.6) is 0 Å². The predicted octanol–water partition coefficient (Wildman–Crippen LogP) is -8.22. The van der Waals surface area contributed by atoms with Crippen molar-refractivity contribution in [1.29, 1.82) is 0 Å². The largest absolute Gasteiger partial charge is 1.00 e. The normalized spacial score (nSPS) is 11.7. The van der Waals surface area contributed by atoms with E-state index < -0.39 is 24.5 Å². The minimum Gasteiger partial charge on any atom is -0.733 e. The molecule has 0 aromatic heterocycles. The van der Waals surface area contributed by atoms with E-state index in [1.54, 1.807) is 0 Å². The van der Waals surface area contributed by atoms with Crippen LogP contribution in [0.2, 0.25) is 0 Å². The van der Waals surface area contributed by atoms with Gasteiger partial charge in [0.25, 0.3) is 0 Å². The number of rotatable bonds is 3. The molecule has 13 heavy (non-hydrogen) atoms. The van der Waals surface area contributed by atoms with Gasteiger partial charge in [0.15, 0.2) is 20.6 Å². The van der Waals surface area contributed by atoms with Crippen molar-refractivity contribution in [2.24, 2.45) is 0 Å². The van der Waals surface area contributed by atoms with Crippen LogP contribution in [-0.2, 0) is 25.4 Å². The Kier molecular flexibility index (Phi) is 11.0. The molecule has 0 saturated heterocycles. The van der Waals surface area contributed by atoms with Crippen molar-refractivity contribution in [1.82, 2.24) is 3.87 Å². The second-order valence-corrected chi connectivity index (χ2v) is 3.87. The molecule has 0 rings (SSSR count). The van der Waals surface area contributed by atoms with E-state index in [4.69, 9.17) is 0 Å². The van der Waals surface area contributed by atoms with Crippen LogP contribution >= 0.6 is 0 Å². The zero-order chi connectivity index (χ0) is 9.28. The molecule has 0 N–H and O–H groups in total. The number of nitrogens with zero attached hydrogens (tertiary/aromatic N) is 1. The third kappa shape index (κ3) is 7.64. The maximum atomic E-state index is 9.88. The van der Waals surface area contributed by atoms with Gasteiger partial charge in [-0.2, -0.15) is 0 Å². The van der Waals surface area contributed by atoms with E-state index in [9.17, 15) is 25.9 Å². The van der Waals surface area contributed by atoms with Crippen LogP contribution in [0.1, 0.15) is 0 Å². The molecule has 0 radical (unpaired) electrons. The van der Waals surface area contributed by atoms with Crippen LogP contribution < -0.4 is 59.1 Å². The smallest absolute Gasteiger partial charge is 0.733 e. The fourth-order valence-corrected chi connectivity index (χ4v) is 1.55. The molecule has 0 saturated carbocycles. The summed E-state index contributed by atoms with van der Waals surface area (Å²) in [4.78, 5) is 3.51. The summed E-state index contributed by atoms with van der Waals surface area (Å²) in [5.74, 6) is 0. The summed E-state index contributed by atoms with van der Waals surface area (Å²) in [5, 5.41) is 0. The van der Waals surface area contributed by atoms with Crippen LogP contribution in [0.3, 0.4) is 0 Å². The van der Waals surface area contributed by atoms with Gasteiger partial charge in [-0.05, 0) is 0 Å². The topological polar surface area (TPSA) is 127 Å². The Labute approximate surface area is 120 Å². The molecule has 0 aliphatic carbocycles. The predicted molar refractivity (Wildman–Crippen MR) is 28.2 cm³/mol. The SMILES string of the molecule is CON(S(=O)(=O)[O-])S(=O)(=O)[O-].[Na+].[Na+]. The Balaban J connectivity index is -0.000000500. The van der Waals surface area contributed by atoms with Crippen molar-refractivity contribution in [2.45, 2.75) is 0 Å². The molecule has 68 valence electrons. The molecule has 0 fully saturated rings. The first-order valence-electron chi connectivity index (χ1n) is 1.96. The van der Waals surface area contributed by atoms with Gasteiger partial charge in [0.2, 0.25) is 0 Å². The van der Waals surface area contributed by atoms with Gasteiger partial charge in [0, 0.05) is 3.87 Å². The fraction of sp³-hybridized carbons (Fsp3) is 1.00. The van der Waals surface area contributed by atoms with E-state index in [2.05, 4.69) is 4.84 Å². The minimum absolute atomic E-state index is 0. The van der Waals surface area contributed by atoms with Crippen LogP contribution in [0, 0.1) is 0 Å². The van der Waals surface area contributed by atoms with Crippen LogP contribution in [-0.4, -0.2) is 36.9 Å². The molecule has 0 spiro atoms. The van der Waals surface area contributed by atoms with E-state index in [1.165, 1.54) is 0 Å². The van der Waals surface area contributed by atoms with Gasteiger partial charge in [-0.3, -0.25) is 4.84 Å². The molecule has 0 amide bonds. The van der Waals surface area contributed by atoms with Crippen molar-refractivity contribution < 1.29 is 89.9 Å². The summed E-state index contributed by atoms with van der Waals surface area (Å²) in [6, 6.07) is 0. The molecule has 0 unspecified atom stereocenters. The molecule has 0 aliphatic rings. The first kappa shape index (κ1) is 20.2. The standard InChI is InChI=1S/CH5NO7S2.2Na/c1-9-2(10(3,4)5)11(6,7)8;;/h1H3,(H,3,4,5)(H,6,7,8);;/q;2*+1/p-2. The summed E-state index contributed by atoms with van der Waals surface area (Å²) >= 11 is 0. The Morgan fingerprint density at radius 2 is 1.23 bits per heavy atom. The minimum atomic E-state index is -5.41. The van der Waals surface area contributed by atoms with E-state index in [0.717, 1.165) is 0 Å². The molecule has 0 heterocycles. The molecule has 12 heteroatoms. The zero-order valence-electron chi connectivity index (χ0n) is 7.12. The van der Waals surface area contributed by atoms with E-state index in [1.807, 2.05) is 0 Å². The first-order valence-corrected chi connectivity index (χ1v) is 4.69. The first-order chi connectivity index (χ1) is 4.69. The van der Waals surface area contributed by atoms with Crippen molar-refractivity contribution in [3.8, 4) is 0 Å². The van der Waals surface area contributed by atoms with Crippen LogP contribution in [0.25, 0.3) is 0 Å². The molecular formula is CH3NNa2O7S2. The average Bonchev–Trinajstić information content (AvgIpc) is 1.56. The molecule has 0 aliphatic heterocycles. The van der Waals surface area contributed by atoms with E-state index >= 15 is 0 Å². The second kappa shape index (κ2) is 7.09. The van der Waals surface area contributed by atoms with E-state index in [-0.39, 0.29) is 59.1 Å². The zero-order valence-corrected chi connectivity index (χ0v) is 12.8. The van der Waals surface area contributed by atoms with Gasteiger partial charge in [0.1, 0.15) is 0 Å². The van der Waals surface area contributed by atoms with Crippen molar-refractivity contribution in [2.75, 3.05) is 7.11 Å². The third-order valence-electron chi connectivity index (χ3n) is 0.514. The molecule has 0 bridgehead atoms. The average molecular weight is 251 g/mol. The molecular weight excluding hydrogens is 248 g/mol. The quantitative estimate of drug-likeness (QED) is 0.277. The van der Waals surface area contributed by atoms with E-state index in [0.29, 0.717) is 7.11 Å². The van der Waals surface area contributed by atoms with Crippen molar-refractivity contribution in [3.63, 3.8) is 0 Å². The van der Waals surface area contributed by atoms with Gasteiger partial charge in [0.05, 0.1) is 7.11 Å². The third-order valence-corrected chi connectivity index (χ3v) is 2.64. The maximum Gasteiger partial charge on any atom is 1.00 e. The number of hydrogen-bond donors (Lipinski definition) is 0. The molecule has 0 aromatic rings. The van der Waals surface area contributed by atoms with Gasteiger partial charge in [-0.25, -0.2) is 16.8 Å². The summed E-state index contributed by atoms with van der Waals surface area (Å²) in [6.45, 7) is 0. The van der Waals surface area contributed by atoms with Crippen molar-refractivity contribution >= 4 is 20.6 Å².